The topological polar surface area (TPSA) is 94.7 Å². The molecule has 0 amide bonds. The number of carboxylic acids is 1. The molecule has 0 atom stereocenters. The van der Waals surface area contributed by atoms with E-state index in [9.17, 15) is 4.79 Å². The molecule has 0 fully saturated rings. The maximum atomic E-state index is 11.2. The number of carbonyl (C=O) groups is 1. The molecule has 1 aromatic heterocycles. The highest BCUT2D eigenvalue weighted by Gasteiger charge is 2.16. The Morgan fingerprint density at radius 1 is 1.29 bits per heavy atom. The smallest absolute Gasteiger partial charge is 0.336 e. The fourth-order valence-corrected chi connectivity index (χ4v) is 1.73. The molecule has 0 aliphatic carbocycles. The lowest BCUT2D eigenvalue weighted by molar-refractivity contribution is 0.0697. The Hall–Kier alpha value is -2.25. The van der Waals surface area contributed by atoms with Crippen molar-refractivity contribution >= 4 is 5.97 Å². The third-order valence-corrected chi connectivity index (χ3v) is 2.76. The zero-order chi connectivity index (χ0) is 15.1. The first-order chi connectivity index (χ1) is 10.2. The summed E-state index contributed by atoms with van der Waals surface area (Å²) < 4.78 is 15.3. The van der Waals surface area contributed by atoms with Crippen molar-refractivity contribution in [3.63, 3.8) is 0 Å². The van der Waals surface area contributed by atoms with Crippen LogP contribution in [0.2, 0.25) is 0 Å². The lowest BCUT2D eigenvalue weighted by atomic mass is 10.1. The molecule has 0 unspecified atom stereocenters. The summed E-state index contributed by atoms with van der Waals surface area (Å²) in [7, 11) is 1.61. The fraction of sp³-hybridized carbons (Fsp3) is 0.357. The van der Waals surface area contributed by atoms with Gasteiger partial charge in [-0.25, -0.2) is 4.79 Å². The van der Waals surface area contributed by atoms with Gasteiger partial charge in [0.25, 0.3) is 5.89 Å². The Bertz CT molecular complexity index is 597. The Kier molecular flexibility index (Phi) is 5.42. The highest BCUT2D eigenvalue weighted by atomic mass is 16.5. The largest absolute Gasteiger partial charge is 0.478 e. The lowest BCUT2D eigenvalue weighted by Gasteiger charge is -2.00. The van der Waals surface area contributed by atoms with Gasteiger partial charge in [0.1, 0.15) is 0 Å². The number of aromatic nitrogens is 2. The highest BCUT2D eigenvalue weighted by molar-refractivity contribution is 5.94. The van der Waals surface area contributed by atoms with Crippen LogP contribution in [0.1, 0.15) is 16.2 Å². The number of aromatic carboxylic acids is 1. The molecule has 0 bridgehead atoms. The second kappa shape index (κ2) is 7.51. The van der Waals surface area contributed by atoms with E-state index in [-0.39, 0.29) is 11.5 Å². The molecule has 0 saturated heterocycles. The van der Waals surface area contributed by atoms with E-state index < -0.39 is 5.97 Å². The lowest BCUT2D eigenvalue weighted by Crippen LogP contribution is -2.05. The molecule has 0 spiro atoms. The SMILES string of the molecule is COCCOCCc1noc(-c2ccccc2C(=O)O)n1. The van der Waals surface area contributed by atoms with Gasteiger partial charge in [-0.3, -0.25) is 0 Å². The molecule has 0 aliphatic rings. The van der Waals surface area contributed by atoms with Gasteiger partial charge in [-0.1, -0.05) is 17.3 Å². The van der Waals surface area contributed by atoms with Crippen LogP contribution in [-0.4, -0.2) is 48.1 Å². The number of rotatable bonds is 8. The third-order valence-electron chi connectivity index (χ3n) is 2.76. The van der Waals surface area contributed by atoms with E-state index in [2.05, 4.69) is 10.1 Å². The normalized spacial score (nSPS) is 10.7. The summed E-state index contributed by atoms with van der Waals surface area (Å²) in [5.41, 5.74) is 0.535. The molecular weight excluding hydrogens is 276 g/mol. The number of nitrogens with zero attached hydrogens (tertiary/aromatic N) is 2. The summed E-state index contributed by atoms with van der Waals surface area (Å²) >= 11 is 0. The van der Waals surface area contributed by atoms with Crippen molar-refractivity contribution in [3.8, 4) is 11.5 Å². The molecule has 0 radical (unpaired) electrons. The van der Waals surface area contributed by atoms with Crippen molar-refractivity contribution in [1.29, 1.82) is 0 Å². The van der Waals surface area contributed by atoms with Gasteiger partial charge in [-0.15, -0.1) is 0 Å². The second-order valence-corrected chi connectivity index (χ2v) is 4.22. The minimum Gasteiger partial charge on any atom is -0.478 e. The van der Waals surface area contributed by atoms with E-state index in [1.807, 2.05) is 0 Å². The summed E-state index contributed by atoms with van der Waals surface area (Å²) in [5.74, 6) is -0.365. The predicted molar refractivity (Wildman–Crippen MR) is 73.1 cm³/mol. The fourth-order valence-electron chi connectivity index (χ4n) is 1.73. The Labute approximate surface area is 121 Å². The number of ether oxygens (including phenoxy) is 2. The maximum absolute atomic E-state index is 11.2. The van der Waals surface area contributed by atoms with Gasteiger partial charge in [0.05, 0.1) is 30.9 Å². The quantitative estimate of drug-likeness (QED) is 0.739. The van der Waals surface area contributed by atoms with Crippen molar-refractivity contribution in [1.82, 2.24) is 10.1 Å². The Morgan fingerprint density at radius 2 is 2.10 bits per heavy atom. The summed E-state index contributed by atoms with van der Waals surface area (Å²) in [6.07, 6.45) is 0.489. The van der Waals surface area contributed by atoms with E-state index in [4.69, 9.17) is 19.1 Å². The molecule has 112 valence electrons. The Balaban J connectivity index is 2.01. The monoisotopic (exact) mass is 292 g/mol. The minimum absolute atomic E-state index is 0.129. The number of methoxy groups -OCH3 is 1. The summed E-state index contributed by atoms with van der Waals surface area (Å²) in [6, 6.07) is 6.50. The van der Waals surface area contributed by atoms with Crippen LogP contribution in [0.15, 0.2) is 28.8 Å². The molecular formula is C14H16N2O5. The van der Waals surface area contributed by atoms with E-state index in [1.54, 1.807) is 25.3 Å². The first kappa shape index (κ1) is 15.1. The van der Waals surface area contributed by atoms with E-state index in [0.29, 0.717) is 37.6 Å². The van der Waals surface area contributed by atoms with Crippen LogP contribution in [0.5, 0.6) is 0 Å². The van der Waals surface area contributed by atoms with Gasteiger partial charge in [-0.2, -0.15) is 4.98 Å². The van der Waals surface area contributed by atoms with E-state index in [0.717, 1.165) is 0 Å². The average Bonchev–Trinajstić information content (AvgIpc) is 2.96. The second-order valence-electron chi connectivity index (χ2n) is 4.22. The van der Waals surface area contributed by atoms with Crippen molar-refractivity contribution in [2.75, 3.05) is 26.9 Å². The molecule has 2 aromatic rings. The van der Waals surface area contributed by atoms with Gasteiger partial charge in [0.2, 0.25) is 0 Å². The molecule has 0 aliphatic heterocycles. The molecule has 1 N–H and O–H groups in total. The van der Waals surface area contributed by atoms with Crippen LogP contribution in [0.3, 0.4) is 0 Å². The van der Waals surface area contributed by atoms with Crippen LogP contribution < -0.4 is 0 Å². The van der Waals surface area contributed by atoms with Crippen molar-refractivity contribution < 1.29 is 23.9 Å². The Morgan fingerprint density at radius 3 is 2.86 bits per heavy atom. The molecule has 0 saturated carbocycles. The van der Waals surface area contributed by atoms with Gasteiger partial charge in [0.15, 0.2) is 5.82 Å². The number of hydrogen-bond donors (Lipinski definition) is 1. The molecule has 7 nitrogen and oxygen atoms in total. The molecule has 7 heteroatoms. The highest BCUT2D eigenvalue weighted by Crippen LogP contribution is 2.21. The maximum Gasteiger partial charge on any atom is 0.336 e. The van der Waals surface area contributed by atoms with E-state index in [1.165, 1.54) is 6.07 Å². The molecule has 1 heterocycles. The van der Waals surface area contributed by atoms with Crippen LogP contribution in [0.25, 0.3) is 11.5 Å². The first-order valence-corrected chi connectivity index (χ1v) is 6.44. The first-order valence-electron chi connectivity index (χ1n) is 6.44. The molecule has 2 rings (SSSR count). The van der Waals surface area contributed by atoms with Gasteiger partial charge < -0.3 is 19.1 Å². The predicted octanol–water partition coefficient (Wildman–Crippen LogP) is 1.64. The van der Waals surface area contributed by atoms with Gasteiger partial charge in [-0.05, 0) is 12.1 Å². The number of hydrogen-bond acceptors (Lipinski definition) is 6. The van der Waals surface area contributed by atoms with Crippen LogP contribution in [0, 0.1) is 0 Å². The zero-order valence-corrected chi connectivity index (χ0v) is 11.6. The van der Waals surface area contributed by atoms with Gasteiger partial charge >= 0.3 is 5.97 Å². The van der Waals surface area contributed by atoms with Crippen molar-refractivity contribution in [3.05, 3.63) is 35.7 Å². The zero-order valence-electron chi connectivity index (χ0n) is 11.6. The average molecular weight is 292 g/mol. The summed E-state index contributed by atoms with van der Waals surface area (Å²) in [6.45, 7) is 1.48. The van der Waals surface area contributed by atoms with Crippen molar-refractivity contribution in [2.45, 2.75) is 6.42 Å². The van der Waals surface area contributed by atoms with Gasteiger partial charge in [0, 0.05) is 13.5 Å². The third kappa shape index (κ3) is 4.11. The molecule has 1 aromatic carbocycles. The molecule has 21 heavy (non-hydrogen) atoms. The summed E-state index contributed by atoms with van der Waals surface area (Å²) in [4.78, 5) is 15.3. The van der Waals surface area contributed by atoms with Crippen LogP contribution >= 0.6 is 0 Å². The van der Waals surface area contributed by atoms with Crippen LogP contribution in [-0.2, 0) is 15.9 Å². The minimum atomic E-state index is -1.03. The number of carboxylic acid groups (broad SMARTS) is 1. The van der Waals surface area contributed by atoms with E-state index >= 15 is 0 Å². The number of benzene rings is 1. The standard InChI is InChI=1S/C14H16N2O5/c1-19-8-9-20-7-6-12-15-13(21-16-12)10-4-2-3-5-11(10)14(17)18/h2-5H,6-9H2,1H3,(H,17,18). The summed E-state index contributed by atoms with van der Waals surface area (Å²) in [5, 5.41) is 13.0. The van der Waals surface area contributed by atoms with Crippen molar-refractivity contribution in [2.24, 2.45) is 0 Å². The van der Waals surface area contributed by atoms with Crippen LogP contribution in [0.4, 0.5) is 0 Å².